The van der Waals surface area contributed by atoms with E-state index in [0.29, 0.717) is 10.2 Å². The number of halogens is 1. The molecule has 2 fully saturated rings. The number of rotatable bonds is 2. The first-order valence-corrected chi connectivity index (χ1v) is 9.61. The Bertz CT molecular complexity index is 872. The molecule has 0 radical (unpaired) electrons. The Hall–Kier alpha value is -0.750. The number of aromatic amines is 1. The Morgan fingerprint density at radius 1 is 1.35 bits per heavy atom. The summed E-state index contributed by atoms with van der Waals surface area (Å²) in [4.78, 5) is 26.7. The van der Waals surface area contributed by atoms with Gasteiger partial charge in [0.05, 0.1) is 11.6 Å². The topological polar surface area (TPSA) is 82.6 Å². The van der Waals surface area contributed by atoms with Crippen LogP contribution in [0.15, 0.2) is 21.0 Å². The summed E-state index contributed by atoms with van der Waals surface area (Å²) >= 11 is 3.53. The van der Waals surface area contributed by atoms with Gasteiger partial charge in [0.2, 0.25) is 0 Å². The van der Waals surface area contributed by atoms with Gasteiger partial charge in [-0.2, -0.15) is 0 Å². The lowest BCUT2D eigenvalue weighted by Crippen LogP contribution is -2.37. The predicted molar refractivity (Wildman–Crippen MR) is 93.3 cm³/mol. The summed E-state index contributed by atoms with van der Waals surface area (Å²) in [6.07, 6.45) is -1.42. The molecular weight excluding hydrogens is 435 g/mol. The highest BCUT2D eigenvalue weighted by Crippen LogP contribution is 2.43. The first kappa shape index (κ1) is 15.8. The highest BCUT2D eigenvalue weighted by Gasteiger charge is 2.55. The SMILES string of the molecule is CC1(C)O[C@@H]2[C@H](O1)[C@@H](CI)O[C@H]2n1c(=O)[nH]c(=O)c2sccc21. The van der Waals surface area contributed by atoms with Crippen LogP contribution in [0.25, 0.3) is 10.2 Å². The second-order valence-corrected chi connectivity index (χ2v) is 7.85. The number of nitrogens with zero attached hydrogens (tertiary/aromatic N) is 1. The minimum absolute atomic E-state index is 0.167. The molecule has 23 heavy (non-hydrogen) atoms. The number of hydrogen-bond acceptors (Lipinski definition) is 6. The molecule has 0 aromatic carbocycles. The Kier molecular flexibility index (Phi) is 3.69. The summed E-state index contributed by atoms with van der Waals surface area (Å²) in [5, 5.41) is 1.79. The van der Waals surface area contributed by atoms with Crippen molar-refractivity contribution in [3.8, 4) is 0 Å². The molecule has 124 valence electrons. The van der Waals surface area contributed by atoms with Gasteiger partial charge in [-0.05, 0) is 25.3 Å². The van der Waals surface area contributed by atoms with Gasteiger partial charge in [0.25, 0.3) is 5.56 Å². The van der Waals surface area contributed by atoms with E-state index < -0.39 is 23.8 Å². The van der Waals surface area contributed by atoms with Crippen LogP contribution in [-0.4, -0.2) is 38.1 Å². The van der Waals surface area contributed by atoms with Crippen molar-refractivity contribution >= 4 is 44.1 Å². The molecule has 0 spiro atoms. The summed E-state index contributed by atoms with van der Waals surface area (Å²) in [6.45, 7) is 3.70. The minimum atomic E-state index is -0.721. The van der Waals surface area contributed by atoms with Gasteiger partial charge in [-0.15, -0.1) is 11.3 Å². The number of aromatic nitrogens is 2. The lowest BCUT2D eigenvalue weighted by molar-refractivity contribution is -0.193. The smallest absolute Gasteiger partial charge is 0.331 e. The van der Waals surface area contributed by atoms with Crippen LogP contribution in [-0.2, 0) is 14.2 Å². The zero-order valence-corrected chi connectivity index (χ0v) is 15.4. The number of hydrogen-bond donors (Lipinski definition) is 1. The first-order valence-electron chi connectivity index (χ1n) is 7.20. The second-order valence-electron chi connectivity index (χ2n) is 6.05. The standard InChI is InChI=1S/C14H15IN2O5S/c1-14(2)21-8-7(5-15)20-12(9(8)22-14)17-6-3-4-23-10(6)11(18)16-13(17)19/h3-4,7-9,12H,5H2,1-2H3,(H,16,18,19)/t7-,8-,9-,12-/m1/s1. The Labute approximate surface area is 148 Å². The third-order valence-corrected chi connectivity index (χ3v) is 5.85. The van der Waals surface area contributed by atoms with Crippen molar-refractivity contribution in [3.63, 3.8) is 0 Å². The zero-order chi connectivity index (χ0) is 16.4. The highest BCUT2D eigenvalue weighted by atomic mass is 127. The number of thiophene rings is 1. The molecule has 4 rings (SSSR count). The van der Waals surface area contributed by atoms with E-state index in [1.54, 1.807) is 11.4 Å². The van der Waals surface area contributed by atoms with Crippen LogP contribution in [0.5, 0.6) is 0 Å². The molecule has 4 heterocycles. The van der Waals surface area contributed by atoms with E-state index in [4.69, 9.17) is 14.2 Å². The molecule has 9 heteroatoms. The molecule has 4 atom stereocenters. The third-order valence-electron chi connectivity index (χ3n) is 4.08. The lowest BCUT2D eigenvalue weighted by atomic mass is 10.1. The number of fused-ring (bicyclic) bond motifs is 2. The van der Waals surface area contributed by atoms with Crippen molar-refractivity contribution in [2.24, 2.45) is 0 Å². The molecule has 2 aromatic rings. The summed E-state index contributed by atoms with van der Waals surface area (Å²) in [5.74, 6) is -0.721. The van der Waals surface area contributed by atoms with E-state index in [0.717, 1.165) is 4.43 Å². The average Bonchev–Trinajstić information content (AvgIpc) is 3.13. The van der Waals surface area contributed by atoms with Gasteiger partial charge in [-0.25, -0.2) is 4.79 Å². The largest absolute Gasteiger partial charge is 0.348 e. The van der Waals surface area contributed by atoms with Gasteiger partial charge in [-0.1, -0.05) is 22.6 Å². The molecular formula is C14H15IN2O5S. The molecule has 2 aliphatic heterocycles. The van der Waals surface area contributed by atoms with Crippen molar-refractivity contribution in [2.75, 3.05) is 4.43 Å². The normalized spacial score (nSPS) is 32.5. The molecule has 2 aliphatic rings. The van der Waals surface area contributed by atoms with Gasteiger partial charge in [0, 0.05) is 4.43 Å². The van der Waals surface area contributed by atoms with Gasteiger partial charge in [0.1, 0.15) is 16.9 Å². The molecule has 0 aliphatic carbocycles. The Morgan fingerprint density at radius 2 is 2.09 bits per heavy atom. The number of nitrogens with one attached hydrogen (secondary N) is 1. The van der Waals surface area contributed by atoms with Crippen LogP contribution in [0.1, 0.15) is 20.1 Å². The van der Waals surface area contributed by atoms with Crippen molar-refractivity contribution in [1.29, 1.82) is 0 Å². The summed E-state index contributed by atoms with van der Waals surface area (Å²) in [7, 11) is 0. The fourth-order valence-corrected chi connectivity index (χ4v) is 4.72. The number of alkyl halides is 1. The molecule has 0 amide bonds. The van der Waals surface area contributed by atoms with Gasteiger partial charge < -0.3 is 14.2 Å². The van der Waals surface area contributed by atoms with Crippen LogP contribution in [0.2, 0.25) is 0 Å². The van der Waals surface area contributed by atoms with E-state index in [-0.39, 0.29) is 17.8 Å². The lowest BCUT2D eigenvalue weighted by Gasteiger charge is -2.24. The molecule has 0 saturated carbocycles. The zero-order valence-electron chi connectivity index (χ0n) is 12.4. The second kappa shape index (κ2) is 5.38. The maximum absolute atomic E-state index is 12.4. The van der Waals surface area contributed by atoms with Gasteiger partial charge in [-0.3, -0.25) is 14.3 Å². The van der Waals surface area contributed by atoms with Crippen molar-refractivity contribution in [3.05, 3.63) is 32.3 Å². The van der Waals surface area contributed by atoms with E-state index in [9.17, 15) is 9.59 Å². The van der Waals surface area contributed by atoms with E-state index in [1.807, 2.05) is 13.8 Å². The van der Waals surface area contributed by atoms with E-state index in [2.05, 4.69) is 27.6 Å². The van der Waals surface area contributed by atoms with E-state index >= 15 is 0 Å². The maximum Gasteiger partial charge on any atom is 0.331 e. The molecule has 2 saturated heterocycles. The van der Waals surface area contributed by atoms with Crippen molar-refractivity contribution in [2.45, 2.75) is 44.2 Å². The first-order chi connectivity index (χ1) is 10.9. The Balaban J connectivity index is 1.87. The van der Waals surface area contributed by atoms with Crippen LogP contribution in [0, 0.1) is 0 Å². The highest BCUT2D eigenvalue weighted by molar-refractivity contribution is 14.1. The summed E-state index contributed by atoms with van der Waals surface area (Å²) in [6, 6.07) is 1.76. The van der Waals surface area contributed by atoms with Gasteiger partial charge in [0.15, 0.2) is 12.0 Å². The monoisotopic (exact) mass is 450 g/mol. The average molecular weight is 450 g/mol. The van der Waals surface area contributed by atoms with Crippen LogP contribution >= 0.6 is 33.9 Å². The summed E-state index contributed by atoms with van der Waals surface area (Å²) < 4.78 is 20.7. The molecule has 0 unspecified atom stereocenters. The van der Waals surface area contributed by atoms with E-state index in [1.165, 1.54) is 15.9 Å². The molecule has 2 aromatic heterocycles. The number of H-pyrrole nitrogens is 1. The molecule has 1 N–H and O–H groups in total. The molecule has 7 nitrogen and oxygen atoms in total. The molecule has 0 bridgehead atoms. The van der Waals surface area contributed by atoms with Crippen molar-refractivity contribution in [1.82, 2.24) is 9.55 Å². The fraction of sp³-hybridized carbons (Fsp3) is 0.571. The Morgan fingerprint density at radius 3 is 2.83 bits per heavy atom. The van der Waals surface area contributed by atoms with Crippen LogP contribution < -0.4 is 11.2 Å². The van der Waals surface area contributed by atoms with Crippen molar-refractivity contribution < 1.29 is 14.2 Å². The maximum atomic E-state index is 12.4. The third kappa shape index (κ3) is 2.40. The predicted octanol–water partition coefficient (Wildman–Crippen LogP) is 1.60. The number of ether oxygens (including phenoxy) is 3. The van der Waals surface area contributed by atoms with Gasteiger partial charge >= 0.3 is 5.69 Å². The fourth-order valence-electron chi connectivity index (χ4n) is 3.23. The minimum Gasteiger partial charge on any atom is -0.348 e. The summed E-state index contributed by atoms with van der Waals surface area (Å²) in [5.41, 5.74) is -0.304. The van der Waals surface area contributed by atoms with Crippen LogP contribution in [0.3, 0.4) is 0 Å². The van der Waals surface area contributed by atoms with Crippen LogP contribution in [0.4, 0.5) is 0 Å². The quantitative estimate of drug-likeness (QED) is 0.556.